The van der Waals surface area contributed by atoms with Crippen LogP contribution in [0.15, 0.2) is 84.9 Å². The molecule has 2 heterocycles. The highest BCUT2D eigenvalue weighted by molar-refractivity contribution is 5.91. The van der Waals surface area contributed by atoms with E-state index in [2.05, 4.69) is 10.6 Å². The molecule has 36 heavy (non-hydrogen) atoms. The molecule has 4 aromatic rings. The SMILES string of the molecule is O=C(CCCC(=O)Nc1cc(-c2ccccc2)nn1-c1ccccc1)NCc1ccc2c(c1)OCO2. The fourth-order valence-electron chi connectivity index (χ4n) is 3.94. The number of nitrogens with zero attached hydrogens (tertiary/aromatic N) is 2. The van der Waals surface area contributed by atoms with Gasteiger partial charge >= 0.3 is 0 Å². The fourth-order valence-corrected chi connectivity index (χ4v) is 3.94. The van der Waals surface area contributed by atoms with E-state index in [0.29, 0.717) is 30.3 Å². The maximum atomic E-state index is 12.7. The molecule has 5 rings (SSSR count). The van der Waals surface area contributed by atoms with Gasteiger partial charge in [0.15, 0.2) is 11.5 Å². The van der Waals surface area contributed by atoms with Crippen LogP contribution < -0.4 is 20.1 Å². The van der Waals surface area contributed by atoms with Gasteiger partial charge in [-0.2, -0.15) is 5.10 Å². The van der Waals surface area contributed by atoms with Gasteiger partial charge in [-0.3, -0.25) is 9.59 Å². The van der Waals surface area contributed by atoms with E-state index in [-0.39, 0.29) is 31.4 Å². The molecule has 1 aliphatic heterocycles. The number of nitrogens with one attached hydrogen (secondary N) is 2. The number of hydrogen-bond acceptors (Lipinski definition) is 5. The van der Waals surface area contributed by atoms with Crippen molar-refractivity contribution < 1.29 is 19.1 Å². The van der Waals surface area contributed by atoms with Crippen molar-refractivity contribution in [1.29, 1.82) is 0 Å². The molecular weight excluding hydrogens is 456 g/mol. The summed E-state index contributed by atoms with van der Waals surface area (Å²) in [5.74, 6) is 1.69. The topological polar surface area (TPSA) is 94.5 Å². The van der Waals surface area contributed by atoms with Crippen molar-refractivity contribution in [3.05, 3.63) is 90.5 Å². The Bertz CT molecular complexity index is 1350. The van der Waals surface area contributed by atoms with Crippen molar-refractivity contribution in [2.24, 2.45) is 0 Å². The van der Waals surface area contributed by atoms with Crippen LogP contribution in [-0.4, -0.2) is 28.4 Å². The highest BCUT2D eigenvalue weighted by atomic mass is 16.7. The van der Waals surface area contributed by atoms with Crippen molar-refractivity contribution >= 4 is 17.6 Å². The molecule has 8 heteroatoms. The van der Waals surface area contributed by atoms with Gasteiger partial charge < -0.3 is 20.1 Å². The van der Waals surface area contributed by atoms with Crippen LogP contribution in [-0.2, 0) is 16.1 Å². The zero-order valence-corrected chi connectivity index (χ0v) is 19.6. The van der Waals surface area contributed by atoms with Crippen molar-refractivity contribution in [3.63, 3.8) is 0 Å². The Morgan fingerprint density at radius 1 is 0.833 bits per heavy atom. The van der Waals surface area contributed by atoms with Gasteiger partial charge in [0.2, 0.25) is 18.6 Å². The lowest BCUT2D eigenvalue weighted by atomic mass is 10.1. The molecule has 3 aromatic carbocycles. The molecule has 1 aromatic heterocycles. The molecule has 0 saturated carbocycles. The van der Waals surface area contributed by atoms with Gasteiger partial charge in [-0.05, 0) is 36.2 Å². The van der Waals surface area contributed by atoms with Gasteiger partial charge in [0, 0.05) is 31.0 Å². The second-order valence-electron chi connectivity index (χ2n) is 8.39. The second kappa shape index (κ2) is 10.8. The zero-order chi connectivity index (χ0) is 24.7. The number of rotatable bonds is 9. The lowest BCUT2D eigenvalue weighted by Gasteiger charge is -2.09. The Kier molecular flexibility index (Phi) is 6.93. The van der Waals surface area contributed by atoms with Crippen LogP contribution in [0.4, 0.5) is 5.82 Å². The quantitative estimate of drug-likeness (QED) is 0.361. The summed E-state index contributed by atoms with van der Waals surface area (Å²) in [5, 5.41) is 10.6. The molecule has 0 bridgehead atoms. The third-order valence-corrected chi connectivity index (χ3v) is 5.78. The van der Waals surface area contributed by atoms with Crippen LogP contribution in [0.3, 0.4) is 0 Å². The highest BCUT2D eigenvalue weighted by Crippen LogP contribution is 2.32. The monoisotopic (exact) mass is 482 g/mol. The molecule has 182 valence electrons. The third kappa shape index (κ3) is 5.55. The van der Waals surface area contributed by atoms with Crippen LogP contribution in [0.5, 0.6) is 11.5 Å². The molecule has 0 unspecified atom stereocenters. The summed E-state index contributed by atoms with van der Waals surface area (Å²) < 4.78 is 12.4. The van der Waals surface area contributed by atoms with Crippen LogP contribution >= 0.6 is 0 Å². The summed E-state index contributed by atoms with van der Waals surface area (Å²) in [6.45, 7) is 0.604. The first-order chi connectivity index (χ1) is 17.7. The number of aromatic nitrogens is 2. The van der Waals surface area contributed by atoms with E-state index >= 15 is 0 Å². The number of para-hydroxylation sites is 1. The number of fused-ring (bicyclic) bond motifs is 1. The van der Waals surface area contributed by atoms with Crippen molar-refractivity contribution in [2.75, 3.05) is 12.1 Å². The Morgan fingerprint density at radius 3 is 2.36 bits per heavy atom. The Morgan fingerprint density at radius 2 is 1.56 bits per heavy atom. The van der Waals surface area contributed by atoms with Crippen molar-refractivity contribution in [3.8, 4) is 28.4 Å². The average molecular weight is 483 g/mol. The summed E-state index contributed by atoms with van der Waals surface area (Å²) in [6.07, 6.45) is 0.910. The summed E-state index contributed by atoms with van der Waals surface area (Å²) in [4.78, 5) is 25.0. The minimum Gasteiger partial charge on any atom is -0.454 e. The minimum atomic E-state index is -0.171. The summed E-state index contributed by atoms with van der Waals surface area (Å²) in [6, 6.07) is 26.9. The summed E-state index contributed by atoms with van der Waals surface area (Å²) in [5.41, 5.74) is 3.49. The maximum absolute atomic E-state index is 12.7. The van der Waals surface area contributed by atoms with Crippen molar-refractivity contribution in [1.82, 2.24) is 15.1 Å². The Hall–Kier alpha value is -4.59. The Balaban J connectivity index is 1.15. The molecular formula is C28H26N4O4. The predicted molar refractivity (Wildman–Crippen MR) is 136 cm³/mol. The van der Waals surface area contributed by atoms with Crippen LogP contribution in [0.25, 0.3) is 16.9 Å². The van der Waals surface area contributed by atoms with Crippen LogP contribution in [0.1, 0.15) is 24.8 Å². The fraction of sp³-hybridized carbons (Fsp3) is 0.179. The van der Waals surface area contributed by atoms with Gasteiger partial charge in [-0.1, -0.05) is 54.6 Å². The van der Waals surface area contributed by atoms with Gasteiger partial charge in [0.05, 0.1) is 11.4 Å². The average Bonchev–Trinajstić information content (AvgIpc) is 3.55. The molecule has 0 radical (unpaired) electrons. The predicted octanol–water partition coefficient (Wildman–Crippen LogP) is 4.69. The number of ether oxygens (including phenoxy) is 2. The largest absolute Gasteiger partial charge is 0.454 e. The van der Waals surface area contributed by atoms with Crippen LogP contribution in [0.2, 0.25) is 0 Å². The normalized spacial score (nSPS) is 11.8. The molecule has 0 fully saturated rings. The first-order valence-electron chi connectivity index (χ1n) is 11.8. The first kappa shape index (κ1) is 23.2. The lowest BCUT2D eigenvalue weighted by Crippen LogP contribution is -2.23. The number of carbonyl (C=O) groups is 2. The number of amides is 2. The maximum Gasteiger partial charge on any atom is 0.231 e. The molecule has 8 nitrogen and oxygen atoms in total. The minimum absolute atomic E-state index is 0.110. The van der Waals surface area contributed by atoms with Gasteiger partial charge in [0.25, 0.3) is 0 Å². The smallest absolute Gasteiger partial charge is 0.231 e. The third-order valence-electron chi connectivity index (χ3n) is 5.78. The summed E-state index contributed by atoms with van der Waals surface area (Å²) >= 11 is 0. The Labute approximate surface area is 208 Å². The van der Waals surface area contributed by atoms with Crippen LogP contribution in [0, 0.1) is 0 Å². The van der Waals surface area contributed by atoms with Gasteiger partial charge in [-0.15, -0.1) is 0 Å². The molecule has 0 spiro atoms. The molecule has 0 atom stereocenters. The van der Waals surface area contributed by atoms with E-state index < -0.39 is 0 Å². The van der Waals surface area contributed by atoms with E-state index in [1.165, 1.54) is 0 Å². The zero-order valence-electron chi connectivity index (χ0n) is 19.6. The van der Waals surface area contributed by atoms with Crippen molar-refractivity contribution in [2.45, 2.75) is 25.8 Å². The molecule has 2 amide bonds. The molecule has 0 aliphatic carbocycles. The lowest BCUT2D eigenvalue weighted by molar-refractivity contribution is -0.121. The van der Waals surface area contributed by atoms with Gasteiger partial charge in [0.1, 0.15) is 5.82 Å². The number of carbonyl (C=O) groups excluding carboxylic acids is 2. The van der Waals surface area contributed by atoms with Gasteiger partial charge in [-0.25, -0.2) is 4.68 Å². The second-order valence-corrected chi connectivity index (χ2v) is 8.39. The highest BCUT2D eigenvalue weighted by Gasteiger charge is 2.15. The van der Waals surface area contributed by atoms with E-state index in [1.807, 2.05) is 84.9 Å². The van der Waals surface area contributed by atoms with E-state index in [9.17, 15) is 9.59 Å². The summed E-state index contributed by atoms with van der Waals surface area (Å²) in [7, 11) is 0. The van der Waals surface area contributed by atoms with E-state index in [4.69, 9.17) is 14.6 Å². The van der Waals surface area contributed by atoms with E-state index in [1.54, 1.807) is 4.68 Å². The molecule has 0 saturated heterocycles. The standard InChI is InChI=1S/C28H26N4O4/c33-27(29-18-20-14-15-24-25(16-20)36-19-35-24)12-7-13-28(34)30-26-17-23(21-8-3-1-4-9-21)31-32(26)22-10-5-2-6-11-22/h1-6,8-11,14-17H,7,12-13,18-19H2,(H,29,33)(H,30,34). The van der Waals surface area contributed by atoms with E-state index in [0.717, 1.165) is 22.5 Å². The number of anilines is 1. The number of benzene rings is 3. The number of hydrogen-bond donors (Lipinski definition) is 2. The molecule has 1 aliphatic rings. The molecule has 2 N–H and O–H groups in total. The first-order valence-corrected chi connectivity index (χ1v) is 11.8.